The van der Waals surface area contributed by atoms with Gasteiger partial charge in [0.1, 0.15) is 0 Å². The van der Waals surface area contributed by atoms with E-state index in [1.807, 2.05) is 0 Å². The Morgan fingerprint density at radius 2 is 2.50 bits per heavy atom. The van der Waals surface area contributed by atoms with Crippen molar-refractivity contribution in [3.8, 4) is 0 Å². The van der Waals surface area contributed by atoms with Gasteiger partial charge in [-0.2, -0.15) is 0 Å². The number of fused-ring (bicyclic) bond motifs is 3. The molecule has 0 aromatic carbocycles. The summed E-state index contributed by atoms with van der Waals surface area (Å²) in [6, 6.07) is 0. The van der Waals surface area contributed by atoms with Crippen LogP contribution in [0.3, 0.4) is 0 Å². The molecule has 0 aromatic heterocycles. The first-order valence-electron chi connectivity index (χ1n) is 3.49. The summed E-state index contributed by atoms with van der Waals surface area (Å²) in [5.41, 5.74) is 0. The molecule has 3 heteroatoms. The van der Waals surface area contributed by atoms with Crippen molar-refractivity contribution in [1.82, 2.24) is 0 Å². The first-order valence-corrected chi connectivity index (χ1v) is 6.64. The van der Waals surface area contributed by atoms with E-state index in [9.17, 15) is 0 Å². The molecule has 2 aliphatic heterocycles. The Kier molecular flexibility index (Phi) is 0.958. The standard InChI is InChI=1S/C7H8S3/c1-7-3-2-4-5(9-4)6(7)10(7)8/h2-6H,1H3. The van der Waals surface area contributed by atoms with Gasteiger partial charge in [-0.05, 0) is 6.92 Å². The van der Waals surface area contributed by atoms with E-state index in [2.05, 4.69) is 30.8 Å². The summed E-state index contributed by atoms with van der Waals surface area (Å²) in [5, 5.41) is 2.66. The van der Waals surface area contributed by atoms with Gasteiger partial charge in [-0.1, -0.05) is 23.3 Å². The largest absolute Gasteiger partial charge is 0.147 e. The van der Waals surface area contributed by atoms with Crippen LogP contribution in [0.2, 0.25) is 0 Å². The van der Waals surface area contributed by atoms with Crippen LogP contribution in [-0.2, 0) is 20.6 Å². The van der Waals surface area contributed by atoms with Gasteiger partial charge in [0.15, 0.2) is 0 Å². The van der Waals surface area contributed by atoms with E-state index in [1.165, 1.54) is 0 Å². The zero-order valence-corrected chi connectivity index (χ0v) is 8.06. The summed E-state index contributed by atoms with van der Waals surface area (Å²) < 4.78 is 0.458. The van der Waals surface area contributed by atoms with Gasteiger partial charge < -0.3 is 0 Å². The Morgan fingerprint density at radius 3 is 3.20 bits per heavy atom. The highest BCUT2D eigenvalue weighted by Crippen LogP contribution is 2.62. The molecule has 5 unspecified atom stereocenters. The third kappa shape index (κ3) is 0.541. The monoisotopic (exact) mass is 188 g/mol. The summed E-state index contributed by atoms with van der Waals surface area (Å²) in [5.74, 6) is 0. The summed E-state index contributed by atoms with van der Waals surface area (Å²) in [4.78, 5) is 0. The maximum Gasteiger partial charge on any atom is 0.0494 e. The van der Waals surface area contributed by atoms with Gasteiger partial charge >= 0.3 is 0 Å². The molecule has 3 rings (SSSR count). The van der Waals surface area contributed by atoms with E-state index in [-0.39, 0.29) is 0 Å². The van der Waals surface area contributed by atoms with Crippen LogP contribution in [0.25, 0.3) is 0 Å². The molecule has 0 spiro atoms. The van der Waals surface area contributed by atoms with Gasteiger partial charge in [0.2, 0.25) is 0 Å². The molecule has 2 saturated heterocycles. The molecule has 2 heterocycles. The topological polar surface area (TPSA) is 0 Å². The van der Waals surface area contributed by atoms with Crippen molar-refractivity contribution in [3.63, 3.8) is 0 Å². The highest BCUT2D eigenvalue weighted by molar-refractivity contribution is 8.35. The molecule has 3 aliphatic rings. The molecule has 0 aromatic rings. The Balaban J connectivity index is 2.10. The normalized spacial score (nSPS) is 68.5. The fourth-order valence-electron chi connectivity index (χ4n) is 1.79. The van der Waals surface area contributed by atoms with Crippen LogP contribution in [0.4, 0.5) is 0 Å². The van der Waals surface area contributed by atoms with Crippen LogP contribution >= 0.6 is 11.8 Å². The predicted molar refractivity (Wildman–Crippen MR) is 51.2 cm³/mol. The SMILES string of the molecule is CC12C=CC3SC3C1S2=S. The zero-order valence-electron chi connectivity index (χ0n) is 5.61. The van der Waals surface area contributed by atoms with Crippen molar-refractivity contribution in [2.24, 2.45) is 0 Å². The van der Waals surface area contributed by atoms with E-state index in [0.29, 0.717) is 14.2 Å². The average molecular weight is 188 g/mol. The molecule has 1 aliphatic carbocycles. The molecule has 0 bridgehead atoms. The number of rotatable bonds is 0. The van der Waals surface area contributed by atoms with E-state index < -0.39 is 0 Å². The summed E-state index contributed by atoms with van der Waals surface area (Å²) in [6.07, 6.45) is 4.74. The zero-order chi connectivity index (χ0) is 6.93. The fourth-order valence-corrected chi connectivity index (χ4v) is 7.03. The van der Waals surface area contributed by atoms with Crippen molar-refractivity contribution in [3.05, 3.63) is 12.2 Å². The Bertz CT molecular complexity index is 258. The Labute approximate surface area is 72.0 Å². The van der Waals surface area contributed by atoms with Crippen LogP contribution in [-0.4, -0.2) is 20.5 Å². The minimum atomic E-state index is 0.297. The minimum Gasteiger partial charge on any atom is -0.147 e. The maximum absolute atomic E-state index is 5.39. The van der Waals surface area contributed by atoms with Crippen LogP contribution in [0.5, 0.6) is 0 Å². The molecule has 54 valence electrons. The third-order valence-electron chi connectivity index (χ3n) is 2.65. The highest BCUT2D eigenvalue weighted by atomic mass is 32.8. The molecule has 0 radical (unpaired) electrons. The van der Waals surface area contributed by atoms with E-state index >= 15 is 0 Å². The number of hydrogen-bond acceptors (Lipinski definition) is 2. The second kappa shape index (κ2) is 1.54. The quantitative estimate of drug-likeness (QED) is 0.415. The number of hydrogen-bond donors (Lipinski definition) is 0. The van der Waals surface area contributed by atoms with Crippen LogP contribution in [0.1, 0.15) is 6.92 Å². The lowest BCUT2D eigenvalue weighted by atomic mass is 9.98. The fraction of sp³-hybridized carbons (Fsp3) is 0.714. The lowest BCUT2D eigenvalue weighted by Gasteiger charge is -2.03. The molecule has 0 amide bonds. The predicted octanol–water partition coefficient (Wildman–Crippen LogP) is 1.26. The first kappa shape index (κ1) is 6.21. The van der Waals surface area contributed by atoms with E-state index in [1.54, 1.807) is 0 Å². The van der Waals surface area contributed by atoms with Crippen molar-refractivity contribution < 1.29 is 0 Å². The average Bonchev–Trinajstić information content (AvgIpc) is 2.71. The second-order valence-electron chi connectivity index (χ2n) is 3.33. The van der Waals surface area contributed by atoms with Crippen molar-refractivity contribution in [2.75, 3.05) is 0 Å². The maximum atomic E-state index is 5.39. The van der Waals surface area contributed by atoms with Gasteiger partial charge in [0.05, 0.1) is 0 Å². The third-order valence-corrected chi connectivity index (χ3v) is 8.10. The van der Waals surface area contributed by atoms with Gasteiger partial charge in [-0.25, -0.2) is 0 Å². The molecule has 2 fully saturated rings. The lowest BCUT2D eigenvalue weighted by Crippen LogP contribution is -2.15. The summed E-state index contributed by atoms with van der Waals surface area (Å²) >= 11 is 7.50. The van der Waals surface area contributed by atoms with Gasteiger partial charge in [0, 0.05) is 20.5 Å². The molecule has 5 atom stereocenters. The van der Waals surface area contributed by atoms with Gasteiger partial charge in [-0.15, -0.1) is 21.2 Å². The molecular weight excluding hydrogens is 180 g/mol. The molecule has 10 heavy (non-hydrogen) atoms. The second-order valence-corrected chi connectivity index (χ2v) is 7.75. The summed E-state index contributed by atoms with van der Waals surface area (Å²) in [7, 11) is 0.297. The van der Waals surface area contributed by atoms with Crippen molar-refractivity contribution >= 4 is 32.4 Å². The Morgan fingerprint density at radius 1 is 1.70 bits per heavy atom. The minimum absolute atomic E-state index is 0.297. The van der Waals surface area contributed by atoms with E-state index in [0.717, 1.165) is 15.7 Å². The lowest BCUT2D eigenvalue weighted by molar-refractivity contribution is 0.791. The van der Waals surface area contributed by atoms with Crippen molar-refractivity contribution in [1.29, 1.82) is 0 Å². The van der Waals surface area contributed by atoms with Crippen LogP contribution < -0.4 is 0 Å². The molecular formula is C7H8S3. The van der Waals surface area contributed by atoms with Crippen LogP contribution in [0, 0.1) is 0 Å². The first-order chi connectivity index (χ1) is 4.73. The molecule has 0 nitrogen and oxygen atoms in total. The highest BCUT2D eigenvalue weighted by Gasteiger charge is 2.66. The van der Waals surface area contributed by atoms with E-state index in [4.69, 9.17) is 11.2 Å². The van der Waals surface area contributed by atoms with Crippen molar-refractivity contribution in [2.45, 2.75) is 27.4 Å². The Hall–Kier alpha value is 0.660. The smallest absolute Gasteiger partial charge is 0.0494 e. The van der Waals surface area contributed by atoms with Crippen LogP contribution in [0.15, 0.2) is 12.2 Å². The summed E-state index contributed by atoms with van der Waals surface area (Å²) in [6.45, 7) is 2.32. The molecule has 0 saturated carbocycles. The number of thioether (sulfide) groups is 1. The van der Waals surface area contributed by atoms with Gasteiger partial charge in [0.25, 0.3) is 0 Å². The van der Waals surface area contributed by atoms with Gasteiger partial charge in [-0.3, -0.25) is 0 Å². The molecule has 0 N–H and O–H groups in total.